The highest BCUT2D eigenvalue weighted by molar-refractivity contribution is 5.94. The van der Waals surface area contributed by atoms with Gasteiger partial charge in [-0.15, -0.1) is 0 Å². The highest BCUT2D eigenvalue weighted by Gasteiger charge is 2.33. The number of nitrogens with one attached hydrogen (secondary N) is 2. The lowest BCUT2D eigenvalue weighted by Crippen LogP contribution is -2.35. The molecule has 1 aromatic carbocycles. The first-order valence-electron chi connectivity index (χ1n) is 7.76. The molecule has 5 nitrogen and oxygen atoms in total. The van der Waals surface area contributed by atoms with Crippen LogP contribution in [0.3, 0.4) is 0 Å². The summed E-state index contributed by atoms with van der Waals surface area (Å²) < 4.78 is 37.8. The van der Waals surface area contributed by atoms with E-state index in [-0.39, 0.29) is 11.6 Å². The lowest BCUT2D eigenvalue weighted by atomic mass is 10.2. The van der Waals surface area contributed by atoms with Crippen molar-refractivity contribution in [2.45, 2.75) is 18.6 Å². The van der Waals surface area contributed by atoms with Gasteiger partial charge >= 0.3 is 6.18 Å². The number of aromatic nitrogens is 1. The van der Waals surface area contributed by atoms with Crippen LogP contribution in [0.5, 0.6) is 0 Å². The van der Waals surface area contributed by atoms with E-state index in [9.17, 15) is 22.8 Å². The van der Waals surface area contributed by atoms with Gasteiger partial charge in [-0.2, -0.15) is 13.2 Å². The Morgan fingerprint density at radius 1 is 1.16 bits per heavy atom. The van der Waals surface area contributed by atoms with Gasteiger partial charge in [0.25, 0.3) is 11.5 Å². The molecule has 1 saturated heterocycles. The van der Waals surface area contributed by atoms with Gasteiger partial charge in [0.15, 0.2) is 0 Å². The van der Waals surface area contributed by atoms with Crippen LogP contribution >= 0.6 is 0 Å². The topological polar surface area (TPSA) is 65.2 Å². The average molecular weight is 351 g/mol. The molecule has 2 N–H and O–H groups in total. The van der Waals surface area contributed by atoms with Crippen molar-refractivity contribution in [2.75, 3.05) is 18.4 Å². The smallest absolute Gasteiger partial charge is 0.380 e. The van der Waals surface area contributed by atoms with Gasteiger partial charge < -0.3 is 15.2 Å². The van der Waals surface area contributed by atoms with Gasteiger partial charge in [-0.3, -0.25) is 9.59 Å². The molecular weight excluding hydrogens is 335 g/mol. The Morgan fingerprint density at radius 3 is 2.52 bits per heavy atom. The van der Waals surface area contributed by atoms with E-state index >= 15 is 0 Å². The van der Waals surface area contributed by atoms with E-state index in [0.29, 0.717) is 25.6 Å². The van der Waals surface area contributed by atoms with Crippen LogP contribution in [0, 0.1) is 0 Å². The van der Waals surface area contributed by atoms with Crippen molar-refractivity contribution in [1.82, 2.24) is 9.88 Å². The number of benzene rings is 1. The van der Waals surface area contributed by atoms with Crippen LogP contribution < -0.4 is 10.9 Å². The molecule has 1 unspecified atom stereocenters. The lowest BCUT2D eigenvalue weighted by Gasteiger charge is -2.17. The molecule has 3 rings (SSSR count). The first-order valence-corrected chi connectivity index (χ1v) is 7.76. The van der Waals surface area contributed by atoms with Gasteiger partial charge in [0, 0.05) is 24.8 Å². The molecule has 1 amide bonds. The molecule has 1 aliphatic rings. The molecule has 1 aromatic heterocycles. The molecule has 0 saturated carbocycles. The molecule has 25 heavy (non-hydrogen) atoms. The molecule has 1 aliphatic heterocycles. The third kappa shape index (κ3) is 3.84. The number of carbonyl (C=O) groups is 1. The highest BCUT2D eigenvalue weighted by Crippen LogP contribution is 2.26. The van der Waals surface area contributed by atoms with Crippen LogP contribution in [0.15, 0.2) is 47.3 Å². The number of alkyl halides is 3. The molecule has 1 fully saturated rings. The maximum atomic E-state index is 12.6. The predicted octanol–water partition coefficient (Wildman–Crippen LogP) is 2.72. The Kier molecular flexibility index (Phi) is 4.52. The molecule has 1 atom stereocenters. The van der Waals surface area contributed by atoms with Crippen LogP contribution in [-0.2, 0) is 6.18 Å². The largest absolute Gasteiger partial charge is 0.431 e. The number of hydrogen-bond acceptors (Lipinski definition) is 3. The van der Waals surface area contributed by atoms with Gasteiger partial charge in [-0.05, 0) is 30.7 Å². The molecule has 2 aromatic rings. The number of hydrogen-bond donors (Lipinski definition) is 2. The Morgan fingerprint density at radius 2 is 1.88 bits per heavy atom. The summed E-state index contributed by atoms with van der Waals surface area (Å²) in [5.41, 5.74) is -1.55. The number of para-hydroxylation sites is 1. The van der Waals surface area contributed by atoms with E-state index in [1.54, 1.807) is 4.98 Å². The summed E-state index contributed by atoms with van der Waals surface area (Å²) in [5, 5.41) is 3.29. The third-order valence-corrected chi connectivity index (χ3v) is 4.07. The predicted molar refractivity (Wildman–Crippen MR) is 86.4 cm³/mol. The van der Waals surface area contributed by atoms with E-state index in [4.69, 9.17) is 0 Å². The summed E-state index contributed by atoms with van der Waals surface area (Å²) >= 11 is 0. The molecule has 0 spiro atoms. The Balaban J connectivity index is 1.69. The summed E-state index contributed by atoms with van der Waals surface area (Å²) in [7, 11) is 0. The van der Waals surface area contributed by atoms with E-state index < -0.39 is 23.3 Å². The van der Waals surface area contributed by atoms with E-state index in [1.807, 2.05) is 30.3 Å². The zero-order valence-electron chi connectivity index (χ0n) is 13.1. The van der Waals surface area contributed by atoms with Crippen molar-refractivity contribution in [3.63, 3.8) is 0 Å². The first-order chi connectivity index (χ1) is 11.8. The number of halogens is 3. The normalized spacial score (nSPS) is 17.6. The van der Waals surface area contributed by atoms with Crippen molar-refractivity contribution in [1.29, 1.82) is 0 Å². The fraction of sp³-hybridized carbons (Fsp3) is 0.294. The van der Waals surface area contributed by atoms with Crippen LogP contribution in [-0.4, -0.2) is 34.9 Å². The van der Waals surface area contributed by atoms with Crippen LogP contribution in [0.25, 0.3) is 0 Å². The second kappa shape index (κ2) is 6.62. The van der Waals surface area contributed by atoms with E-state index in [2.05, 4.69) is 5.32 Å². The summed E-state index contributed by atoms with van der Waals surface area (Å²) in [6.45, 7) is 0.817. The summed E-state index contributed by atoms with van der Waals surface area (Å²) in [5.74, 6) is -0.563. The van der Waals surface area contributed by atoms with Crippen LogP contribution in [0.1, 0.15) is 22.5 Å². The zero-order valence-corrected chi connectivity index (χ0v) is 13.1. The first kappa shape index (κ1) is 17.1. The number of rotatable bonds is 3. The van der Waals surface area contributed by atoms with Crippen molar-refractivity contribution in [3.8, 4) is 0 Å². The Hall–Kier alpha value is -2.77. The molecule has 0 bridgehead atoms. The quantitative estimate of drug-likeness (QED) is 0.894. The number of pyridine rings is 1. The summed E-state index contributed by atoms with van der Waals surface area (Å²) in [4.78, 5) is 27.5. The minimum absolute atomic E-state index is 0.0277. The number of aromatic amines is 1. The Labute approximate surface area is 141 Å². The number of carbonyl (C=O) groups excluding carboxylic acids is 1. The molecule has 2 heterocycles. The maximum absolute atomic E-state index is 12.6. The SMILES string of the molecule is O=C(c1ccc(C(F)(F)F)[nH]c1=O)N1CCC(Nc2ccccc2)C1. The summed E-state index contributed by atoms with van der Waals surface area (Å²) in [6.07, 6.45) is -3.96. The molecule has 8 heteroatoms. The second-order valence-corrected chi connectivity index (χ2v) is 5.86. The fourth-order valence-corrected chi connectivity index (χ4v) is 2.81. The number of likely N-dealkylation sites (tertiary alicyclic amines) is 1. The third-order valence-electron chi connectivity index (χ3n) is 4.07. The van der Waals surface area contributed by atoms with E-state index in [1.165, 1.54) is 4.90 Å². The fourth-order valence-electron chi connectivity index (χ4n) is 2.81. The summed E-state index contributed by atoms with van der Waals surface area (Å²) in [6, 6.07) is 11.2. The van der Waals surface area contributed by atoms with Crippen LogP contribution in [0.4, 0.5) is 18.9 Å². The average Bonchev–Trinajstić information content (AvgIpc) is 3.03. The van der Waals surface area contributed by atoms with Gasteiger partial charge in [-0.1, -0.05) is 18.2 Å². The maximum Gasteiger partial charge on any atom is 0.431 e. The van der Waals surface area contributed by atoms with Gasteiger partial charge in [0.2, 0.25) is 0 Å². The number of anilines is 1. The minimum Gasteiger partial charge on any atom is -0.380 e. The highest BCUT2D eigenvalue weighted by atomic mass is 19.4. The lowest BCUT2D eigenvalue weighted by molar-refractivity contribution is -0.141. The van der Waals surface area contributed by atoms with Crippen molar-refractivity contribution < 1.29 is 18.0 Å². The van der Waals surface area contributed by atoms with Gasteiger partial charge in [0.05, 0.1) is 0 Å². The minimum atomic E-state index is -4.65. The van der Waals surface area contributed by atoms with Crippen molar-refractivity contribution in [3.05, 3.63) is 64.1 Å². The standard InChI is InChI=1S/C17H16F3N3O2/c18-17(19,20)14-7-6-13(15(24)22-14)16(25)23-9-8-12(10-23)21-11-4-2-1-3-5-11/h1-7,12,21H,8-10H2,(H,22,24). The number of H-pyrrole nitrogens is 1. The number of nitrogens with zero attached hydrogens (tertiary/aromatic N) is 1. The van der Waals surface area contributed by atoms with Crippen LogP contribution in [0.2, 0.25) is 0 Å². The van der Waals surface area contributed by atoms with E-state index in [0.717, 1.165) is 11.8 Å². The monoisotopic (exact) mass is 351 g/mol. The van der Waals surface area contributed by atoms with Crippen molar-refractivity contribution >= 4 is 11.6 Å². The molecule has 0 aliphatic carbocycles. The molecule has 0 radical (unpaired) electrons. The zero-order chi connectivity index (χ0) is 18.0. The Bertz CT molecular complexity index is 818. The van der Waals surface area contributed by atoms with Gasteiger partial charge in [0.1, 0.15) is 11.3 Å². The van der Waals surface area contributed by atoms with Gasteiger partial charge in [-0.25, -0.2) is 0 Å². The second-order valence-electron chi connectivity index (χ2n) is 5.86. The number of amides is 1. The molecule has 132 valence electrons. The van der Waals surface area contributed by atoms with Crippen molar-refractivity contribution in [2.24, 2.45) is 0 Å². The molecular formula is C17H16F3N3O2.